The molecule has 1 aromatic carbocycles. The molecular formula is C15H19BrClNO2. The number of hydrogen-bond donors (Lipinski definition) is 2. The lowest BCUT2D eigenvalue weighted by Gasteiger charge is -2.35. The van der Waals surface area contributed by atoms with Gasteiger partial charge in [0.2, 0.25) is 0 Å². The van der Waals surface area contributed by atoms with Gasteiger partial charge in [0.25, 0.3) is 5.91 Å². The van der Waals surface area contributed by atoms with Crippen LogP contribution in [0.3, 0.4) is 0 Å². The minimum Gasteiger partial charge on any atom is -0.507 e. The summed E-state index contributed by atoms with van der Waals surface area (Å²) >= 11 is 9.32. The number of aromatic hydroxyl groups is 1. The Kier molecular flexibility index (Phi) is 5.33. The van der Waals surface area contributed by atoms with Crippen molar-refractivity contribution in [2.45, 2.75) is 32.1 Å². The Morgan fingerprint density at radius 1 is 1.35 bits per heavy atom. The monoisotopic (exact) mass is 359 g/mol. The number of hydrogen-bond acceptors (Lipinski definition) is 2. The van der Waals surface area contributed by atoms with Gasteiger partial charge in [-0.05, 0) is 47.0 Å². The number of phenols is 1. The van der Waals surface area contributed by atoms with Gasteiger partial charge >= 0.3 is 0 Å². The number of carbonyl (C=O) groups is 1. The minimum atomic E-state index is -0.164. The first kappa shape index (κ1) is 15.6. The van der Waals surface area contributed by atoms with Crippen molar-refractivity contribution in [1.29, 1.82) is 0 Å². The van der Waals surface area contributed by atoms with Crippen LogP contribution in [0, 0.1) is 5.41 Å². The van der Waals surface area contributed by atoms with E-state index < -0.39 is 0 Å². The Morgan fingerprint density at radius 2 is 2.05 bits per heavy atom. The predicted molar refractivity (Wildman–Crippen MR) is 84.4 cm³/mol. The number of rotatable bonds is 4. The molecule has 1 aliphatic rings. The molecule has 1 saturated carbocycles. The van der Waals surface area contributed by atoms with Gasteiger partial charge in [-0.15, -0.1) is 11.6 Å². The fourth-order valence-corrected chi connectivity index (χ4v) is 3.29. The Hall–Kier alpha value is -0.740. The third-order valence-electron chi connectivity index (χ3n) is 4.03. The van der Waals surface area contributed by atoms with E-state index in [9.17, 15) is 9.90 Å². The van der Waals surface area contributed by atoms with Gasteiger partial charge in [-0.1, -0.05) is 19.3 Å². The number of carbonyl (C=O) groups excluding carboxylic acids is 1. The molecule has 0 bridgehead atoms. The molecule has 0 radical (unpaired) electrons. The molecule has 1 amide bonds. The maximum absolute atomic E-state index is 12.1. The molecule has 110 valence electrons. The van der Waals surface area contributed by atoms with Crippen LogP contribution in [-0.4, -0.2) is 23.4 Å². The van der Waals surface area contributed by atoms with E-state index in [1.807, 2.05) is 0 Å². The molecule has 0 heterocycles. The van der Waals surface area contributed by atoms with Crippen LogP contribution in [0.2, 0.25) is 0 Å². The zero-order valence-electron chi connectivity index (χ0n) is 11.3. The van der Waals surface area contributed by atoms with Crippen molar-refractivity contribution in [2.24, 2.45) is 5.41 Å². The summed E-state index contributed by atoms with van der Waals surface area (Å²) in [5.41, 5.74) is 0.499. The number of alkyl halides is 1. The number of phenolic OH excluding ortho intramolecular Hbond substituents is 1. The fraction of sp³-hybridized carbons (Fsp3) is 0.533. The zero-order valence-corrected chi connectivity index (χ0v) is 13.6. The van der Waals surface area contributed by atoms with Crippen LogP contribution in [0.1, 0.15) is 42.5 Å². The second-order valence-electron chi connectivity index (χ2n) is 5.54. The molecule has 0 spiro atoms. The summed E-state index contributed by atoms with van der Waals surface area (Å²) in [7, 11) is 0. The minimum absolute atomic E-state index is 0.0346. The van der Waals surface area contributed by atoms with Crippen molar-refractivity contribution in [3.05, 3.63) is 28.2 Å². The molecular weight excluding hydrogens is 342 g/mol. The molecule has 1 aromatic rings. The van der Waals surface area contributed by atoms with Crippen molar-refractivity contribution in [1.82, 2.24) is 5.32 Å². The Balaban J connectivity index is 1.98. The molecule has 20 heavy (non-hydrogen) atoms. The number of nitrogens with one attached hydrogen (secondary N) is 1. The molecule has 0 saturated heterocycles. The van der Waals surface area contributed by atoms with E-state index >= 15 is 0 Å². The lowest BCUT2D eigenvalue weighted by Crippen LogP contribution is -2.40. The lowest BCUT2D eigenvalue weighted by atomic mass is 9.75. The average Bonchev–Trinajstić information content (AvgIpc) is 2.48. The van der Waals surface area contributed by atoms with Gasteiger partial charge in [0.15, 0.2) is 0 Å². The van der Waals surface area contributed by atoms with Crippen molar-refractivity contribution >= 4 is 33.4 Å². The SMILES string of the molecule is O=C(NCC1(CCl)CCCCC1)c1ccc(Br)c(O)c1. The van der Waals surface area contributed by atoms with Crippen LogP contribution in [0.4, 0.5) is 0 Å². The summed E-state index contributed by atoms with van der Waals surface area (Å²) in [6.45, 7) is 0.603. The van der Waals surface area contributed by atoms with E-state index in [0.29, 0.717) is 22.5 Å². The maximum atomic E-state index is 12.1. The van der Waals surface area contributed by atoms with Crippen LogP contribution < -0.4 is 5.32 Å². The Bertz CT molecular complexity index is 487. The van der Waals surface area contributed by atoms with Gasteiger partial charge in [0, 0.05) is 23.4 Å². The summed E-state index contributed by atoms with van der Waals surface area (Å²) in [6, 6.07) is 4.82. The quantitative estimate of drug-likeness (QED) is 0.795. The molecule has 2 rings (SSSR count). The summed E-state index contributed by atoms with van der Waals surface area (Å²) < 4.78 is 0.582. The van der Waals surface area contributed by atoms with Crippen molar-refractivity contribution in [3.8, 4) is 5.75 Å². The summed E-state index contributed by atoms with van der Waals surface area (Å²) in [5.74, 6) is 0.490. The highest BCUT2D eigenvalue weighted by Crippen LogP contribution is 2.36. The van der Waals surface area contributed by atoms with Crippen LogP contribution >= 0.6 is 27.5 Å². The third kappa shape index (κ3) is 3.67. The third-order valence-corrected chi connectivity index (χ3v) is 5.27. The van der Waals surface area contributed by atoms with Crippen LogP contribution in [0.5, 0.6) is 5.75 Å². The van der Waals surface area contributed by atoms with Crippen molar-refractivity contribution in [2.75, 3.05) is 12.4 Å². The Morgan fingerprint density at radius 3 is 2.65 bits per heavy atom. The van der Waals surface area contributed by atoms with Gasteiger partial charge in [-0.2, -0.15) is 0 Å². The van der Waals surface area contributed by atoms with Gasteiger partial charge in [0.05, 0.1) is 4.47 Å². The largest absolute Gasteiger partial charge is 0.507 e. The number of halogens is 2. The van der Waals surface area contributed by atoms with E-state index in [0.717, 1.165) is 12.8 Å². The van der Waals surface area contributed by atoms with E-state index in [4.69, 9.17) is 11.6 Å². The molecule has 2 N–H and O–H groups in total. The van der Waals surface area contributed by atoms with E-state index in [1.54, 1.807) is 12.1 Å². The standard InChI is InChI=1S/C15H19BrClNO2/c16-12-5-4-11(8-13(12)19)14(20)18-10-15(9-17)6-2-1-3-7-15/h4-5,8,19H,1-3,6-7,9-10H2,(H,18,20). The maximum Gasteiger partial charge on any atom is 0.251 e. The highest BCUT2D eigenvalue weighted by molar-refractivity contribution is 9.10. The van der Waals surface area contributed by atoms with Crippen LogP contribution in [0.25, 0.3) is 0 Å². The van der Waals surface area contributed by atoms with E-state index in [-0.39, 0.29) is 17.1 Å². The zero-order chi connectivity index (χ0) is 14.6. The lowest BCUT2D eigenvalue weighted by molar-refractivity contribution is 0.0920. The average molecular weight is 361 g/mol. The molecule has 0 aliphatic heterocycles. The molecule has 1 aliphatic carbocycles. The first-order chi connectivity index (χ1) is 9.56. The first-order valence-electron chi connectivity index (χ1n) is 6.89. The summed E-state index contributed by atoms with van der Waals surface area (Å²) in [4.78, 5) is 12.1. The normalized spacial score (nSPS) is 17.7. The predicted octanol–water partition coefficient (Wildman–Crippen LogP) is 4.07. The number of benzene rings is 1. The first-order valence-corrected chi connectivity index (χ1v) is 8.22. The highest BCUT2D eigenvalue weighted by Gasteiger charge is 2.31. The van der Waals surface area contributed by atoms with Crippen molar-refractivity contribution in [3.63, 3.8) is 0 Å². The molecule has 0 unspecified atom stereocenters. The molecule has 0 aromatic heterocycles. The van der Waals surface area contributed by atoms with Crippen LogP contribution in [0.15, 0.2) is 22.7 Å². The molecule has 5 heteroatoms. The van der Waals surface area contributed by atoms with E-state index in [1.165, 1.54) is 25.3 Å². The fourth-order valence-electron chi connectivity index (χ4n) is 2.68. The smallest absolute Gasteiger partial charge is 0.251 e. The number of amides is 1. The second kappa shape index (κ2) is 6.81. The van der Waals surface area contributed by atoms with Gasteiger partial charge in [-0.25, -0.2) is 0 Å². The van der Waals surface area contributed by atoms with E-state index in [2.05, 4.69) is 21.2 Å². The topological polar surface area (TPSA) is 49.3 Å². The van der Waals surface area contributed by atoms with Gasteiger partial charge in [-0.3, -0.25) is 4.79 Å². The molecule has 1 fully saturated rings. The van der Waals surface area contributed by atoms with Crippen molar-refractivity contribution < 1.29 is 9.90 Å². The van der Waals surface area contributed by atoms with Gasteiger partial charge < -0.3 is 10.4 Å². The Labute approximate surface area is 132 Å². The van der Waals surface area contributed by atoms with Gasteiger partial charge in [0.1, 0.15) is 5.75 Å². The molecule has 3 nitrogen and oxygen atoms in total. The highest BCUT2D eigenvalue weighted by atomic mass is 79.9. The second-order valence-corrected chi connectivity index (χ2v) is 6.66. The summed E-state index contributed by atoms with van der Waals surface area (Å²) in [5, 5.41) is 12.6. The summed E-state index contributed by atoms with van der Waals surface area (Å²) in [6.07, 6.45) is 5.77. The molecule has 0 atom stereocenters. The van der Waals surface area contributed by atoms with Crippen LogP contribution in [-0.2, 0) is 0 Å².